The summed E-state index contributed by atoms with van der Waals surface area (Å²) in [7, 11) is 0. The molecule has 0 aliphatic rings. The summed E-state index contributed by atoms with van der Waals surface area (Å²) >= 11 is 1.38. The summed E-state index contributed by atoms with van der Waals surface area (Å²) in [6.45, 7) is 7.66. The van der Waals surface area contributed by atoms with Crippen molar-refractivity contribution in [3.05, 3.63) is 56.1 Å². The van der Waals surface area contributed by atoms with Crippen molar-refractivity contribution >= 4 is 44.3 Å². The molecule has 1 amide bonds. The molecular formula is C20H18N2O4S. The van der Waals surface area contributed by atoms with Gasteiger partial charge in [-0.3, -0.25) is 4.79 Å². The minimum absolute atomic E-state index is 0.0855. The van der Waals surface area contributed by atoms with Gasteiger partial charge in [0.15, 0.2) is 5.13 Å². The maximum absolute atomic E-state index is 12.5. The van der Waals surface area contributed by atoms with E-state index in [4.69, 9.17) is 8.83 Å². The zero-order valence-corrected chi connectivity index (χ0v) is 16.2. The fourth-order valence-electron chi connectivity index (χ4n) is 3.41. The quantitative estimate of drug-likeness (QED) is 0.531. The standard InChI is InChI=1S/C20H18N2O4S/c1-9-5-14-17(18-16(9)10(2)8-25-18)12(4)13(19(24)26-14)6-15(23)22-20-21-7-11(3)27-20/h5,7-8H,6H2,1-4H3,(H,21,22,23). The third kappa shape index (κ3) is 2.94. The molecule has 0 atom stereocenters. The van der Waals surface area contributed by atoms with Crippen LogP contribution in [0.5, 0.6) is 0 Å². The number of hydrogen-bond donors (Lipinski definition) is 1. The summed E-state index contributed by atoms with van der Waals surface area (Å²) < 4.78 is 11.3. The summed E-state index contributed by atoms with van der Waals surface area (Å²) in [5.74, 6) is -0.307. The number of thiazole rings is 1. The van der Waals surface area contributed by atoms with Gasteiger partial charge >= 0.3 is 5.63 Å². The molecule has 3 heterocycles. The number of hydrogen-bond acceptors (Lipinski definition) is 6. The van der Waals surface area contributed by atoms with Crippen LogP contribution in [0.15, 0.2) is 32.2 Å². The molecule has 0 unspecified atom stereocenters. The van der Waals surface area contributed by atoms with Gasteiger partial charge in [-0.25, -0.2) is 9.78 Å². The number of rotatable bonds is 3. The first kappa shape index (κ1) is 17.5. The third-order valence-electron chi connectivity index (χ3n) is 4.67. The lowest BCUT2D eigenvalue weighted by Crippen LogP contribution is -2.20. The zero-order valence-electron chi connectivity index (χ0n) is 15.4. The molecule has 27 heavy (non-hydrogen) atoms. The predicted molar refractivity (Wildman–Crippen MR) is 106 cm³/mol. The van der Waals surface area contributed by atoms with E-state index < -0.39 is 5.63 Å². The van der Waals surface area contributed by atoms with Crippen molar-refractivity contribution in [2.45, 2.75) is 34.1 Å². The maximum atomic E-state index is 12.5. The number of aryl methyl sites for hydroxylation is 4. The number of fused-ring (bicyclic) bond motifs is 3. The van der Waals surface area contributed by atoms with Crippen molar-refractivity contribution in [1.82, 2.24) is 4.98 Å². The van der Waals surface area contributed by atoms with Crippen molar-refractivity contribution in [2.24, 2.45) is 0 Å². The van der Waals surface area contributed by atoms with E-state index in [1.54, 1.807) is 12.5 Å². The molecule has 0 radical (unpaired) electrons. The predicted octanol–water partition coefficient (Wildman–Crippen LogP) is 4.41. The van der Waals surface area contributed by atoms with Crippen LogP contribution in [0.25, 0.3) is 21.9 Å². The molecule has 0 saturated carbocycles. The van der Waals surface area contributed by atoms with Gasteiger partial charge in [-0.2, -0.15) is 0 Å². The molecule has 6 nitrogen and oxygen atoms in total. The van der Waals surface area contributed by atoms with E-state index in [0.717, 1.165) is 26.8 Å². The molecule has 0 aliphatic carbocycles. The Kier molecular flexibility index (Phi) is 4.11. The van der Waals surface area contributed by atoms with Crippen LogP contribution in [0.3, 0.4) is 0 Å². The van der Waals surface area contributed by atoms with Crippen LogP contribution >= 0.6 is 11.3 Å². The van der Waals surface area contributed by atoms with Gasteiger partial charge in [-0.05, 0) is 50.5 Å². The number of nitrogens with one attached hydrogen (secondary N) is 1. The van der Waals surface area contributed by atoms with Gasteiger partial charge in [0.1, 0.15) is 11.2 Å². The fourth-order valence-corrected chi connectivity index (χ4v) is 4.09. The largest absolute Gasteiger partial charge is 0.463 e. The van der Waals surface area contributed by atoms with E-state index >= 15 is 0 Å². The Hall–Kier alpha value is -2.93. The SMILES string of the molecule is Cc1cnc(NC(=O)Cc2c(C)c3c(cc(C)c4c(C)coc43)oc2=O)s1. The van der Waals surface area contributed by atoms with Crippen molar-refractivity contribution in [1.29, 1.82) is 0 Å². The van der Waals surface area contributed by atoms with Crippen LogP contribution in [-0.4, -0.2) is 10.9 Å². The monoisotopic (exact) mass is 382 g/mol. The molecule has 0 fully saturated rings. The fraction of sp³-hybridized carbons (Fsp3) is 0.250. The van der Waals surface area contributed by atoms with Gasteiger partial charge < -0.3 is 14.2 Å². The van der Waals surface area contributed by atoms with Gasteiger partial charge in [0, 0.05) is 16.5 Å². The first-order valence-corrected chi connectivity index (χ1v) is 9.32. The van der Waals surface area contributed by atoms with Crippen LogP contribution in [0.2, 0.25) is 0 Å². The molecule has 138 valence electrons. The summed E-state index contributed by atoms with van der Waals surface area (Å²) in [6, 6.07) is 1.84. The molecule has 1 N–H and O–H groups in total. The average Bonchev–Trinajstić information content (AvgIpc) is 3.17. The van der Waals surface area contributed by atoms with Crippen LogP contribution in [-0.2, 0) is 11.2 Å². The first-order chi connectivity index (χ1) is 12.8. The summed E-state index contributed by atoms with van der Waals surface area (Å²) in [6.07, 6.45) is 3.30. The molecule has 7 heteroatoms. The highest BCUT2D eigenvalue weighted by atomic mass is 32.1. The normalized spacial score (nSPS) is 11.4. The van der Waals surface area contributed by atoms with Gasteiger partial charge in [-0.15, -0.1) is 11.3 Å². The number of nitrogens with zero attached hydrogens (tertiary/aromatic N) is 1. The maximum Gasteiger partial charge on any atom is 0.340 e. The minimum Gasteiger partial charge on any atom is -0.463 e. The number of anilines is 1. The number of carbonyl (C=O) groups excluding carboxylic acids is 1. The Labute approximate surface area is 158 Å². The van der Waals surface area contributed by atoms with Crippen molar-refractivity contribution in [3.63, 3.8) is 0 Å². The lowest BCUT2D eigenvalue weighted by Gasteiger charge is -2.09. The molecule has 4 aromatic rings. The average molecular weight is 382 g/mol. The zero-order chi connectivity index (χ0) is 19.3. The van der Waals surface area contributed by atoms with E-state index in [2.05, 4.69) is 10.3 Å². The Morgan fingerprint density at radius 3 is 2.67 bits per heavy atom. The second kappa shape index (κ2) is 6.35. The Bertz CT molecular complexity index is 1260. The number of benzene rings is 1. The van der Waals surface area contributed by atoms with E-state index in [0.29, 0.717) is 27.4 Å². The minimum atomic E-state index is -0.507. The highest BCUT2D eigenvalue weighted by Crippen LogP contribution is 2.34. The summed E-state index contributed by atoms with van der Waals surface area (Å²) in [5.41, 5.74) is 3.67. The second-order valence-electron chi connectivity index (χ2n) is 6.68. The number of aromatic nitrogens is 1. The van der Waals surface area contributed by atoms with Crippen LogP contribution < -0.4 is 10.9 Å². The Morgan fingerprint density at radius 2 is 1.96 bits per heavy atom. The summed E-state index contributed by atoms with van der Waals surface area (Å²) in [5, 5.41) is 4.98. The van der Waals surface area contributed by atoms with Gasteiger partial charge in [0.05, 0.1) is 23.6 Å². The van der Waals surface area contributed by atoms with Gasteiger partial charge in [0.2, 0.25) is 5.91 Å². The molecule has 0 aliphatic heterocycles. The molecule has 0 spiro atoms. The first-order valence-electron chi connectivity index (χ1n) is 8.51. The van der Waals surface area contributed by atoms with E-state index in [1.807, 2.05) is 33.8 Å². The van der Waals surface area contributed by atoms with Gasteiger partial charge in [0.25, 0.3) is 0 Å². The Balaban J connectivity index is 1.81. The van der Waals surface area contributed by atoms with Crippen molar-refractivity contribution in [2.75, 3.05) is 5.32 Å². The number of amides is 1. The lowest BCUT2D eigenvalue weighted by atomic mass is 9.99. The second-order valence-corrected chi connectivity index (χ2v) is 7.92. The third-order valence-corrected chi connectivity index (χ3v) is 5.50. The van der Waals surface area contributed by atoms with Crippen LogP contribution in [0, 0.1) is 27.7 Å². The molecule has 0 saturated heterocycles. The molecule has 3 aromatic heterocycles. The van der Waals surface area contributed by atoms with Crippen LogP contribution in [0.4, 0.5) is 5.13 Å². The molecule has 1 aromatic carbocycles. The highest BCUT2D eigenvalue weighted by molar-refractivity contribution is 7.15. The van der Waals surface area contributed by atoms with Gasteiger partial charge in [-0.1, -0.05) is 0 Å². The highest BCUT2D eigenvalue weighted by Gasteiger charge is 2.20. The molecular weight excluding hydrogens is 364 g/mol. The number of carbonyl (C=O) groups is 1. The molecule has 0 bridgehead atoms. The number of furan rings is 1. The Morgan fingerprint density at radius 1 is 1.19 bits per heavy atom. The van der Waals surface area contributed by atoms with Crippen molar-refractivity contribution in [3.8, 4) is 0 Å². The van der Waals surface area contributed by atoms with E-state index in [9.17, 15) is 9.59 Å². The summed E-state index contributed by atoms with van der Waals surface area (Å²) in [4.78, 5) is 30.0. The lowest BCUT2D eigenvalue weighted by molar-refractivity contribution is -0.115. The smallest absolute Gasteiger partial charge is 0.340 e. The van der Waals surface area contributed by atoms with Crippen molar-refractivity contribution < 1.29 is 13.6 Å². The van der Waals surface area contributed by atoms with E-state index in [-0.39, 0.29) is 12.3 Å². The van der Waals surface area contributed by atoms with Crippen LogP contribution in [0.1, 0.15) is 27.1 Å². The molecule has 4 rings (SSSR count). The topological polar surface area (TPSA) is 85.3 Å². The van der Waals surface area contributed by atoms with E-state index in [1.165, 1.54) is 11.3 Å².